The number of aromatic nitrogens is 1. The van der Waals surface area contributed by atoms with Crippen molar-refractivity contribution in [2.45, 2.75) is 12.8 Å². The number of nitrogens with two attached hydrogens (primary N) is 1. The number of nitrogens with zero attached hydrogens (tertiary/aromatic N) is 1. The van der Waals surface area contributed by atoms with Gasteiger partial charge in [0.2, 0.25) is 5.88 Å². The van der Waals surface area contributed by atoms with Crippen molar-refractivity contribution in [2.75, 3.05) is 12.3 Å². The van der Waals surface area contributed by atoms with Crippen molar-refractivity contribution in [3.05, 3.63) is 41.1 Å². The van der Waals surface area contributed by atoms with Crippen LogP contribution in [0.15, 0.2) is 28.8 Å². The Hall–Kier alpha value is -1.97. The molecule has 16 heavy (non-hydrogen) atoms. The van der Waals surface area contributed by atoms with Gasteiger partial charge in [0.15, 0.2) is 0 Å². The van der Waals surface area contributed by atoms with Crippen LogP contribution in [0.4, 0.5) is 5.88 Å². The third kappa shape index (κ3) is 1.62. The molecule has 3 rings (SSSR count). The van der Waals surface area contributed by atoms with Crippen molar-refractivity contribution in [3.63, 3.8) is 0 Å². The number of rotatable bonds is 2. The lowest BCUT2D eigenvalue weighted by Crippen LogP contribution is -1.89. The highest BCUT2D eigenvalue weighted by Crippen LogP contribution is 2.26. The normalized spacial score (nSPS) is 13.5. The van der Waals surface area contributed by atoms with Crippen LogP contribution in [0.5, 0.6) is 5.75 Å². The number of benzene rings is 1. The van der Waals surface area contributed by atoms with E-state index in [9.17, 15) is 0 Å². The highest BCUT2D eigenvalue weighted by Gasteiger charge is 2.12. The largest absolute Gasteiger partial charge is 0.493 e. The summed E-state index contributed by atoms with van der Waals surface area (Å²) >= 11 is 0. The number of fused-ring (bicyclic) bond motifs is 1. The maximum absolute atomic E-state index is 5.47. The van der Waals surface area contributed by atoms with Gasteiger partial charge in [0.1, 0.15) is 5.75 Å². The van der Waals surface area contributed by atoms with Gasteiger partial charge in [-0.1, -0.05) is 17.3 Å². The maximum Gasteiger partial charge on any atom is 0.222 e. The Bertz CT molecular complexity index is 519. The van der Waals surface area contributed by atoms with E-state index in [0.717, 1.165) is 30.9 Å². The summed E-state index contributed by atoms with van der Waals surface area (Å²) in [5.74, 6) is 1.36. The third-order valence-electron chi connectivity index (χ3n) is 2.72. The van der Waals surface area contributed by atoms with E-state index in [1.807, 2.05) is 6.07 Å². The summed E-state index contributed by atoms with van der Waals surface area (Å²) in [5.41, 5.74) is 8.81. The van der Waals surface area contributed by atoms with Gasteiger partial charge in [0.25, 0.3) is 0 Å². The molecule has 0 atom stereocenters. The number of anilines is 1. The minimum atomic E-state index is 0.361. The van der Waals surface area contributed by atoms with Gasteiger partial charge < -0.3 is 15.0 Å². The molecule has 2 heterocycles. The van der Waals surface area contributed by atoms with Crippen molar-refractivity contribution in [3.8, 4) is 5.75 Å². The Kier molecular flexibility index (Phi) is 2.06. The average molecular weight is 216 g/mol. The first-order valence-corrected chi connectivity index (χ1v) is 5.27. The van der Waals surface area contributed by atoms with Crippen molar-refractivity contribution in [1.82, 2.24) is 5.16 Å². The molecule has 4 nitrogen and oxygen atoms in total. The van der Waals surface area contributed by atoms with Crippen LogP contribution >= 0.6 is 0 Å². The molecule has 0 aliphatic carbocycles. The highest BCUT2D eigenvalue weighted by atomic mass is 16.5. The van der Waals surface area contributed by atoms with Crippen LogP contribution in [0.1, 0.15) is 16.8 Å². The molecular formula is C12H12N2O2. The lowest BCUT2D eigenvalue weighted by atomic mass is 10.1. The molecule has 2 N–H and O–H groups in total. The molecule has 0 bridgehead atoms. The fraction of sp³-hybridized carbons (Fsp3) is 0.250. The molecule has 0 spiro atoms. The summed E-state index contributed by atoms with van der Waals surface area (Å²) in [6.45, 7) is 0.787. The van der Waals surface area contributed by atoms with Crippen molar-refractivity contribution in [1.29, 1.82) is 0 Å². The summed E-state index contributed by atoms with van der Waals surface area (Å²) in [5, 5.41) is 3.87. The van der Waals surface area contributed by atoms with Gasteiger partial charge in [-0.15, -0.1) is 0 Å². The van der Waals surface area contributed by atoms with Crippen LogP contribution in [-0.4, -0.2) is 11.8 Å². The molecule has 4 heteroatoms. The smallest absolute Gasteiger partial charge is 0.222 e. The van der Waals surface area contributed by atoms with Crippen molar-refractivity contribution < 1.29 is 9.26 Å². The quantitative estimate of drug-likeness (QED) is 0.831. The minimum Gasteiger partial charge on any atom is -0.493 e. The topological polar surface area (TPSA) is 61.3 Å². The summed E-state index contributed by atoms with van der Waals surface area (Å²) in [4.78, 5) is 0. The van der Waals surface area contributed by atoms with Crippen LogP contribution in [0.3, 0.4) is 0 Å². The van der Waals surface area contributed by atoms with E-state index in [2.05, 4.69) is 17.3 Å². The van der Waals surface area contributed by atoms with Crippen LogP contribution in [0.25, 0.3) is 0 Å². The fourth-order valence-corrected chi connectivity index (χ4v) is 1.97. The Morgan fingerprint density at radius 1 is 1.31 bits per heavy atom. The lowest BCUT2D eigenvalue weighted by Gasteiger charge is -2.01. The zero-order valence-electron chi connectivity index (χ0n) is 8.77. The van der Waals surface area contributed by atoms with Gasteiger partial charge in [-0.2, -0.15) is 0 Å². The first kappa shape index (κ1) is 9.27. The number of hydrogen-bond acceptors (Lipinski definition) is 4. The third-order valence-corrected chi connectivity index (χ3v) is 2.72. The van der Waals surface area contributed by atoms with E-state index in [-0.39, 0.29) is 0 Å². The molecule has 0 saturated carbocycles. The van der Waals surface area contributed by atoms with Crippen LogP contribution in [0.2, 0.25) is 0 Å². The molecule has 82 valence electrons. The molecule has 0 radical (unpaired) electrons. The lowest BCUT2D eigenvalue weighted by molar-refractivity contribution is 0.357. The van der Waals surface area contributed by atoms with Crippen molar-refractivity contribution in [2.24, 2.45) is 0 Å². The second kappa shape index (κ2) is 3.56. The van der Waals surface area contributed by atoms with E-state index in [1.165, 1.54) is 11.1 Å². The fourth-order valence-electron chi connectivity index (χ4n) is 1.97. The van der Waals surface area contributed by atoms with Crippen LogP contribution in [0, 0.1) is 0 Å². The second-order valence-electron chi connectivity index (χ2n) is 3.94. The molecule has 1 aliphatic rings. The van der Waals surface area contributed by atoms with E-state index >= 15 is 0 Å². The molecule has 1 aromatic carbocycles. The van der Waals surface area contributed by atoms with Crippen molar-refractivity contribution >= 4 is 5.88 Å². The van der Waals surface area contributed by atoms with Gasteiger partial charge in [0.05, 0.1) is 12.3 Å². The Balaban J connectivity index is 1.85. The molecule has 1 aromatic heterocycles. The van der Waals surface area contributed by atoms with Gasteiger partial charge in [-0.05, 0) is 17.2 Å². The predicted octanol–water partition coefficient (Wildman–Crippen LogP) is 1.78. The number of hydrogen-bond donors (Lipinski definition) is 1. The molecular weight excluding hydrogens is 204 g/mol. The zero-order valence-corrected chi connectivity index (χ0v) is 8.77. The second-order valence-corrected chi connectivity index (χ2v) is 3.94. The summed E-state index contributed by atoms with van der Waals surface area (Å²) in [6.07, 6.45) is 1.73. The first-order valence-electron chi connectivity index (χ1n) is 5.27. The molecule has 2 aromatic rings. The Labute approximate surface area is 93.0 Å². The van der Waals surface area contributed by atoms with Gasteiger partial charge in [0, 0.05) is 18.9 Å². The average Bonchev–Trinajstić information content (AvgIpc) is 2.87. The first-order chi connectivity index (χ1) is 7.81. The standard InChI is InChI=1S/C12H12N2O2/c13-12-7-10(14-16-12)6-8-1-2-11-9(5-8)3-4-15-11/h1-2,5,7H,3-4,6,13H2. The maximum atomic E-state index is 5.47. The Morgan fingerprint density at radius 2 is 2.25 bits per heavy atom. The zero-order chi connectivity index (χ0) is 11.0. The van der Waals surface area contributed by atoms with E-state index in [0.29, 0.717) is 5.88 Å². The van der Waals surface area contributed by atoms with Crippen LogP contribution < -0.4 is 10.5 Å². The van der Waals surface area contributed by atoms with Gasteiger partial charge in [-0.3, -0.25) is 0 Å². The summed E-state index contributed by atoms with van der Waals surface area (Å²) in [6, 6.07) is 7.98. The minimum absolute atomic E-state index is 0.361. The van der Waals surface area contributed by atoms with Gasteiger partial charge in [-0.25, -0.2) is 0 Å². The Morgan fingerprint density at radius 3 is 3.06 bits per heavy atom. The number of ether oxygens (including phenoxy) is 1. The highest BCUT2D eigenvalue weighted by molar-refractivity contribution is 5.41. The summed E-state index contributed by atoms with van der Waals surface area (Å²) < 4.78 is 10.3. The van der Waals surface area contributed by atoms with Gasteiger partial charge >= 0.3 is 0 Å². The van der Waals surface area contributed by atoms with Crippen LogP contribution in [-0.2, 0) is 12.8 Å². The van der Waals surface area contributed by atoms with E-state index in [1.54, 1.807) is 6.07 Å². The SMILES string of the molecule is Nc1cc(Cc2ccc3c(c2)CCO3)no1. The molecule has 0 saturated heterocycles. The molecule has 0 amide bonds. The summed E-state index contributed by atoms with van der Waals surface area (Å²) in [7, 11) is 0. The number of nitrogen functional groups attached to an aromatic ring is 1. The monoisotopic (exact) mass is 216 g/mol. The predicted molar refractivity (Wildman–Crippen MR) is 59.4 cm³/mol. The van der Waals surface area contributed by atoms with E-state index in [4.69, 9.17) is 15.0 Å². The molecule has 0 fully saturated rings. The molecule has 0 unspecified atom stereocenters. The van der Waals surface area contributed by atoms with E-state index < -0.39 is 0 Å². The molecule has 1 aliphatic heterocycles.